The van der Waals surface area contributed by atoms with Crippen LogP contribution in [0.25, 0.3) is 0 Å². The summed E-state index contributed by atoms with van der Waals surface area (Å²) in [5.41, 5.74) is 1.16. The summed E-state index contributed by atoms with van der Waals surface area (Å²) in [4.78, 5) is 0. The molecule has 1 atom stereocenters. The monoisotopic (exact) mass is 304 g/mol. The van der Waals surface area contributed by atoms with Gasteiger partial charge < -0.3 is 9.84 Å². The van der Waals surface area contributed by atoms with Crippen LogP contribution in [-0.2, 0) is 14.9 Å². The molecule has 2 rings (SSSR count). The molecule has 1 saturated heterocycles. The number of rotatable bonds is 5. The third-order valence-electron chi connectivity index (χ3n) is 3.99. The molecule has 0 aromatic carbocycles. The Morgan fingerprint density at radius 3 is 2.80 bits per heavy atom. The first-order chi connectivity index (χ1) is 9.57. The fourth-order valence-electron chi connectivity index (χ4n) is 2.77. The summed E-state index contributed by atoms with van der Waals surface area (Å²) in [6.45, 7) is 2.56. The highest BCUT2D eigenvalue weighted by atomic mass is 32.2. The molecule has 20 heavy (non-hydrogen) atoms. The molecule has 116 valence electrons. The van der Waals surface area contributed by atoms with Crippen LogP contribution in [0.1, 0.15) is 19.3 Å². The van der Waals surface area contributed by atoms with Crippen LogP contribution in [0.3, 0.4) is 0 Å². The molecule has 0 saturated carbocycles. The van der Waals surface area contributed by atoms with Crippen molar-refractivity contribution in [2.45, 2.75) is 19.3 Å². The van der Waals surface area contributed by atoms with E-state index in [1.165, 1.54) is 8.61 Å². The summed E-state index contributed by atoms with van der Waals surface area (Å²) in [6.07, 6.45) is 4.39. The maximum Gasteiger partial charge on any atom is 0.282 e. The molecule has 1 unspecified atom stereocenters. The van der Waals surface area contributed by atoms with Gasteiger partial charge in [-0.3, -0.25) is 0 Å². The predicted octanol–water partition coefficient (Wildman–Crippen LogP) is 0.214. The molecule has 0 aromatic heterocycles. The van der Waals surface area contributed by atoms with E-state index in [2.05, 4.69) is 0 Å². The van der Waals surface area contributed by atoms with Gasteiger partial charge in [0.1, 0.15) is 0 Å². The van der Waals surface area contributed by atoms with E-state index in [9.17, 15) is 13.5 Å². The molecule has 0 amide bonds. The largest absolute Gasteiger partial charge is 0.396 e. The minimum Gasteiger partial charge on any atom is -0.396 e. The molecule has 0 bridgehead atoms. The Bertz CT molecular complexity index is 449. The van der Waals surface area contributed by atoms with Crippen LogP contribution in [-0.4, -0.2) is 68.6 Å². The minimum absolute atomic E-state index is 0.0594. The number of hydrogen-bond donors (Lipinski definition) is 1. The molecule has 1 N–H and O–H groups in total. The summed E-state index contributed by atoms with van der Waals surface area (Å²) in [6, 6.07) is 0. The quantitative estimate of drug-likeness (QED) is 0.737. The highest BCUT2D eigenvalue weighted by Gasteiger charge is 2.33. The highest BCUT2D eigenvalue weighted by Crippen LogP contribution is 2.23. The van der Waals surface area contributed by atoms with Crippen LogP contribution in [0.15, 0.2) is 11.6 Å². The van der Waals surface area contributed by atoms with Gasteiger partial charge in [-0.15, -0.1) is 0 Å². The lowest BCUT2D eigenvalue weighted by molar-refractivity contribution is 0.160. The van der Waals surface area contributed by atoms with Crippen molar-refractivity contribution in [3.8, 4) is 0 Å². The Balaban J connectivity index is 2.00. The zero-order valence-electron chi connectivity index (χ0n) is 12.0. The van der Waals surface area contributed by atoms with Gasteiger partial charge in [0.25, 0.3) is 10.2 Å². The van der Waals surface area contributed by atoms with Gasteiger partial charge in [0, 0.05) is 39.9 Å². The van der Waals surface area contributed by atoms with Crippen molar-refractivity contribution in [2.75, 3.05) is 46.5 Å². The lowest BCUT2D eigenvalue weighted by Gasteiger charge is -2.36. The molecule has 0 aromatic rings. The van der Waals surface area contributed by atoms with E-state index in [-0.39, 0.29) is 12.5 Å². The molecule has 2 aliphatic heterocycles. The average molecular weight is 304 g/mol. The Morgan fingerprint density at radius 2 is 2.20 bits per heavy atom. The first-order valence-electron chi connectivity index (χ1n) is 7.11. The van der Waals surface area contributed by atoms with E-state index in [0.717, 1.165) is 24.8 Å². The molecular formula is C13H24N2O4S. The van der Waals surface area contributed by atoms with Crippen LogP contribution in [0.2, 0.25) is 0 Å². The molecule has 0 radical (unpaired) electrons. The SMILES string of the molecule is COCC1=CCN(S(=O)(=O)N2CCCC(CO)C2)CC1. The van der Waals surface area contributed by atoms with E-state index in [4.69, 9.17) is 4.74 Å². The molecule has 0 spiro atoms. The lowest BCUT2D eigenvalue weighted by Crippen LogP contribution is -2.49. The Morgan fingerprint density at radius 1 is 1.40 bits per heavy atom. The second-order valence-electron chi connectivity index (χ2n) is 5.46. The molecule has 6 nitrogen and oxygen atoms in total. The summed E-state index contributed by atoms with van der Waals surface area (Å²) < 4.78 is 33.3. The summed E-state index contributed by atoms with van der Waals surface area (Å²) in [5, 5.41) is 9.22. The van der Waals surface area contributed by atoms with E-state index in [1.807, 2.05) is 6.08 Å². The van der Waals surface area contributed by atoms with Gasteiger partial charge in [0.2, 0.25) is 0 Å². The fraction of sp³-hybridized carbons (Fsp3) is 0.846. The number of aliphatic hydroxyl groups is 1. The maximum absolute atomic E-state index is 12.6. The normalized spacial score (nSPS) is 26.5. The van der Waals surface area contributed by atoms with Gasteiger partial charge in [0.15, 0.2) is 0 Å². The van der Waals surface area contributed by atoms with Gasteiger partial charge in [-0.25, -0.2) is 0 Å². The number of piperidine rings is 1. The third kappa shape index (κ3) is 3.59. The molecule has 2 aliphatic rings. The first-order valence-corrected chi connectivity index (χ1v) is 8.50. The van der Waals surface area contributed by atoms with Gasteiger partial charge in [-0.05, 0) is 30.8 Å². The Labute approximate surface area is 121 Å². The first kappa shape index (κ1) is 15.9. The van der Waals surface area contributed by atoms with E-state index in [0.29, 0.717) is 32.8 Å². The van der Waals surface area contributed by atoms with E-state index < -0.39 is 10.2 Å². The number of aliphatic hydroxyl groups excluding tert-OH is 1. The summed E-state index contributed by atoms with van der Waals surface area (Å²) >= 11 is 0. The van der Waals surface area contributed by atoms with Crippen LogP contribution >= 0.6 is 0 Å². The van der Waals surface area contributed by atoms with Crippen molar-refractivity contribution in [1.82, 2.24) is 8.61 Å². The van der Waals surface area contributed by atoms with Crippen LogP contribution in [0.4, 0.5) is 0 Å². The zero-order valence-corrected chi connectivity index (χ0v) is 12.8. The highest BCUT2D eigenvalue weighted by molar-refractivity contribution is 7.86. The van der Waals surface area contributed by atoms with Gasteiger partial charge in [-0.2, -0.15) is 17.0 Å². The Kier molecular flexibility index (Phi) is 5.57. The number of hydrogen-bond acceptors (Lipinski definition) is 4. The predicted molar refractivity (Wildman–Crippen MR) is 76.5 cm³/mol. The van der Waals surface area contributed by atoms with Gasteiger partial charge in [-0.1, -0.05) is 6.08 Å². The van der Waals surface area contributed by atoms with Crippen LogP contribution < -0.4 is 0 Å². The molecular weight excluding hydrogens is 280 g/mol. The summed E-state index contributed by atoms with van der Waals surface area (Å²) in [5.74, 6) is 0.0721. The van der Waals surface area contributed by atoms with E-state index in [1.54, 1.807) is 7.11 Å². The topological polar surface area (TPSA) is 70.1 Å². The lowest BCUT2D eigenvalue weighted by atomic mass is 10.0. The smallest absolute Gasteiger partial charge is 0.282 e. The minimum atomic E-state index is -3.40. The number of ether oxygens (including phenoxy) is 1. The maximum atomic E-state index is 12.6. The second-order valence-corrected chi connectivity index (χ2v) is 7.39. The number of nitrogens with zero attached hydrogens (tertiary/aromatic N) is 2. The standard InChI is InChI=1S/C13H24N2O4S/c1-19-11-12-4-7-14(8-5-12)20(17,18)15-6-2-3-13(9-15)10-16/h4,13,16H,2-3,5-11H2,1H3. The van der Waals surface area contributed by atoms with Crippen molar-refractivity contribution in [3.05, 3.63) is 11.6 Å². The Hall–Kier alpha value is -0.470. The number of methoxy groups -OCH3 is 1. The third-order valence-corrected chi connectivity index (χ3v) is 5.96. The molecule has 7 heteroatoms. The molecule has 1 fully saturated rings. The van der Waals surface area contributed by atoms with Crippen molar-refractivity contribution >= 4 is 10.2 Å². The van der Waals surface area contributed by atoms with Crippen molar-refractivity contribution in [1.29, 1.82) is 0 Å². The van der Waals surface area contributed by atoms with Crippen molar-refractivity contribution < 1.29 is 18.3 Å². The average Bonchev–Trinajstić information content (AvgIpc) is 2.48. The van der Waals surface area contributed by atoms with E-state index >= 15 is 0 Å². The summed E-state index contributed by atoms with van der Waals surface area (Å²) in [7, 11) is -1.75. The zero-order chi connectivity index (χ0) is 14.6. The van der Waals surface area contributed by atoms with Crippen LogP contribution in [0, 0.1) is 5.92 Å². The van der Waals surface area contributed by atoms with Gasteiger partial charge >= 0.3 is 0 Å². The molecule has 2 heterocycles. The second kappa shape index (κ2) is 7.00. The van der Waals surface area contributed by atoms with Crippen LogP contribution in [0.5, 0.6) is 0 Å². The fourth-order valence-corrected chi connectivity index (χ4v) is 4.44. The molecule has 0 aliphatic carbocycles. The van der Waals surface area contributed by atoms with Gasteiger partial charge in [0.05, 0.1) is 6.61 Å². The van der Waals surface area contributed by atoms with Crippen molar-refractivity contribution in [3.63, 3.8) is 0 Å². The van der Waals surface area contributed by atoms with Crippen molar-refractivity contribution in [2.24, 2.45) is 5.92 Å².